The molecule has 0 unspecified atom stereocenters. The topological polar surface area (TPSA) is 104 Å². The Hall–Kier alpha value is -2.60. The van der Waals surface area contributed by atoms with Crippen LogP contribution < -0.4 is 11.5 Å². The van der Waals surface area contributed by atoms with Crippen LogP contribution in [0.3, 0.4) is 0 Å². The standard InChI is InChI=1S/C13H12N6/c14-6-9-7-18-13(19-12(9)15)8-1-2-10-11(5-8)17-4-3-16-10/h1-5,7H,6,14H2,(H2,15,18,19). The van der Waals surface area contributed by atoms with E-state index in [1.807, 2.05) is 18.2 Å². The Morgan fingerprint density at radius 2 is 1.79 bits per heavy atom. The quantitative estimate of drug-likeness (QED) is 0.708. The fourth-order valence-electron chi connectivity index (χ4n) is 1.82. The van der Waals surface area contributed by atoms with Crippen LogP contribution in [0.2, 0.25) is 0 Å². The lowest BCUT2D eigenvalue weighted by Gasteiger charge is -2.05. The lowest BCUT2D eigenvalue weighted by molar-refractivity contribution is 1.02. The average molecular weight is 252 g/mol. The molecule has 19 heavy (non-hydrogen) atoms. The summed E-state index contributed by atoms with van der Waals surface area (Å²) in [5, 5.41) is 0. The normalized spacial score (nSPS) is 10.8. The third-order valence-corrected chi connectivity index (χ3v) is 2.85. The fraction of sp³-hybridized carbons (Fsp3) is 0.0769. The van der Waals surface area contributed by atoms with Crippen LogP contribution in [0.4, 0.5) is 5.82 Å². The van der Waals surface area contributed by atoms with Gasteiger partial charge in [0.25, 0.3) is 0 Å². The van der Waals surface area contributed by atoms with E-state index in [4.69, 9.17) is 11.5 Å². The molecule has 2 aromatic heterocycles. The van der Waals surface area contributed by atoms with E-state index in [0.717, 1.165) is 22.2 Å². The number of rotatable bonds is 2. The lowest BCUT2D eigenvalue weighted by Crippen LogP contribution is -2.05. The second-order valence-corrected chi connectivity index (χ2v) is 4.07. The highest BCUT2D eigenvalue weighted by Gasteiger charge is 2.06. The van der Waals surface area contributed by atoms with Gasteiger partial charge in [0.1, 0.15) is 5.82 Å². The van der Waals surface area contributed by atoms with Crippen molar-refractivity contribution in [3.63, 3.8) is 0 Å². The number of fused-ring (bicyclic) bond motifs is 1. The highest BCUT2D eigenvalue weighted by molar-refractivity contribution is 5.79. The predicted molar refractivity (Wildman–Crippen MR) is 72.9 cm³/mol. The van der Waals surface area contributed by atoms with Crippen molar-refractivity contribution < 1.29 is 0 Å². The third-order valence-electron chi connectivity index (χ3n) is 2.85. The van der Waals surface area contributed by atoms with Crippen LogP contribution in [-0.2, 0) is 6.54 Å². The second kappa shape index (κ2) is 4.58. The summed E-state index contributed by atoms with van der Waals surface area (Å²) >= 11 is 0. The highest BCUT2D eigenvalue weighted by atomic mass is 14.9. The molecule has 0 fully saturated rings. The van der Waals surface area contributed by atoms with Gasteiger partial charge < -0.3 is 11.5 Å². The van der Waals surface area contributed by atoms with Gasteiger partial charge in [-0.05, 0) is 18.2 Å². The van der Waals surface area contributed by atoms with Gasteiger partial charge in [-0.2, -0.15) is 0 Å². The third kappa shape index (κ3) is 2.09. The molecule has 6 heteroatoms. The summed E-state index contributed by atoms with van der Waals surface area (Å²) in [5.74, 6) is 0.967. The first-order valence-electron chi connectivity index (χ1n) is 5.80. The van der Waals surface area contributed by atoms with Crippen LogP contribution in [-0.4, -0.2) is 19.9 Å². The summed E-state index contributed by atoms with van der Waals surface area (Å²) in [4.78, 5) is 17.0. The molecule has 0 aliphatic carbocycles. The average Bonchev–Trinajstić information content (AvgIpc) is 2.46. The molecule has 0 aliphatic rings. The van der Waals surface area contributed by atoms with E-state index in [1.165, 1.54) is 0 Å². The van der Waals surface area contributed by atoms with Gasteiger partial charge in [-0.15, -0.1) is 0 Å². The maximum absolute atomic E-state index is 5.82. The smallest absolute Gasteiger partial charge is 0.161 e. The van der Waals surface area contributed by atoms with Gasteiger partial charge in [0.15, 0.2) is 5.82 Å². The Balaban J connectivity index is 2.11. The molecule has 3 aromatic rings. The van der Waals surface area contributed by atoms with E-state index < -0.39 is 0 Å². The molecule has 0 atom stereocenters. The zero-order valence-electron chi connectivity index (χ0n) is 10.1. The summed E-state index contributed by atoms with van der Waals surface area (Å²) in [6.07, 6.45) is 4.96. The van der Waals surface area contributed by atoms with Gasteiger partial charge in [0.2, 0.25) is 0 Å². The zero-order valence-corrected chi connectivity index (χ0v) is 10.1. The minimum absolute atomic E-state index is 0.329. The van der Waals surface area contributed by atoms with Crippen molar-refractivity contribution in [3.05, 3.63) is 42.4 Å². The van der Waals surface area contributed by atoms with E-state index in [9.17, 15) is 0 Å². The first kappa shape index (κ1) is 11.5. The molecular formula is C13H12N6. The molecule has 0 amide bonds. The summed E-state index contributed by atoms with van der Waals surface area (Å²) in [7, 11) is 0. The van der Waals surface area contributed by atoms with Crippen molar-refractivity contribution in [3.8, 4) is 11.4 Å². The molecule has 4 N–H and O–H groups in total. The minimum atomic E-state index is 0.329. The van der Waals surface area contributed by atoms with Crippen molar-refractivity contribution in [2.75, 3.05) is 5.73 Å². The van der Waals surface area contributed by atoms with Gasteiger partial charge in [-0.25, -0.2) is 9.97 Å². The molecule has 0 saturated carbocycles. The van der Waals surface area contributed by atoms with Gasteiger partial charge >= 0.3 is 0 Å². The molecule has 0 aliphatic heterocycles. The van der Waals surface area contributed by atoms with E-state index in [2.05, 4.69) is 19.9 Å². The van der Waals surface area contributed by atoms with E-state index in [1.54, 1.807) is 18.6 Å². The summed E-state index contributed by atoms with van der Waals surface area (Å²) in [6.45, 7) is 0.329. The van der Waals surface area contributed by atoms with Gasteiger partial charge in [0.05, 0.1) is 11.0 Å². The Bertz CT molecular complexity index is 740. The molecule has 6 nitrogen and oxygen atoms in total. The molecule has 3 rings (SSSR count). The monoisotopic (exact) mass is 252 g/mol. The minimum Gasteiger partial charge on any atom is -0.383 e. The van der Waals surface area contributed by atoms with Gasteiger partial charge in [-0.1, -0.05) is 0 Å². The number of aromatic nitrogens is 4. The van der Waals surface area contributed by atoms with Crippen LogP contribution in [0.5, 0.6) is 0 Å². The second-order valence-electron chi connectivity index (χ2n) is 4.07. The van der Waals surface area contributed by atoms with Crippen LogP contribution in [0.25, 0.3) is 22.4 Å². The first-order chi connectivity index (χ1) is 9.28. The largest absolute Gasteiger partial charge is 0.383 e. The SMILES string of the molecule is NCc1cnc(-c2ccc3nccnc3c2)nc1N. The zero-order chi connectivity index (χ0) is 13.2. The van der Waals surface area contributed by atoms with Crippen LogP contribution in [0, 0.1) is 0 Å². The van der Waals surface area contributed by atoms with Crippen molar-refractivity contribution >= 4 is 16.9 Å². The molecule has 1 aromatic carbocycles. The molecule has 94 valence electrons. The van der Waals surface area contributed by atoms with Crippen molar-refractivity contribution in [1.82, 2.24) is 19.9 Å². The number of benzene rings is 1. The van der Waals surface area contributed by atoms with E-state index in [-0.39, 0.29) is 0 Å². The Labute approximate surface area is 109 Å². The van der Waals surface area contributed by atoms with Crippen molar-refractivity contribution in [1.29, 1.82) is 0 Å². The van der Waals surface area contributed by atoms with Crippen LogP contribution in [0.1, 0.15) is 5.56 Å². The number of hydrogen-bond acceptors (Lipinski definition) is 6. The molecule has 0 spiro atoms. The first-order valence-corrected chi connectivity index (χ1v) is 5.80. The summed E-state index contributed by atoms with van der Waals surface area (Å²) in [5.41, 5.74) is 14.6. The molecule has 0 radical (unpaired) electrons. The summed E-state index contributed by atoms with van der Waals surface area (Å²) in [6, 6.07) is 5.67. The maximum Gasteiger partial charge on any atom is 0.161 e. The van der Waals surface area contributed by atoms with E-state index >= 15 is 0 Å². The molecule has 2 heterocycles. The fourth-order valence-corrected chi connectivity index (χ4v) is 1.82. The summed E-state index contributed by atoms with van der Waals surface area (Å²) < 4.78 is 0. The number of nitrogen functional groups attached to an aromatic ring is 1. The molecular weight excluding hydrogens is 240 g/mol. The van der Waals surface area contributed by atoms with E-state index in [0.29, 0.717) is 18.2 Å². The lowest BCUT2D eigenvalue weighted by atomic mass is 10.1. The van der Waals surface area contributed by atoms with Crippen LogP contribution >= 0.6 is 0 Å². The van der Waals surface area contributed by atoms with Crippen molar-refractivity contribution in [2.45, 2.75) is 6.54 Å². The number of nitrogens with two attached hydrogens (primary N) is 2. The predicted octanol–water partition coefficient (Wildman–Crippen LogP) is 1.13. The number of nitrogens with zero attached hydrogens (tertiary/aromatic N) is 4. The van der Waals surface area contributed by atoms with Crippen molar-refractivity contribution in [2.24, 2.45) is 5.73 Å². The Kier molecular flexibility index (Phi) is 2.77. The van der Waals surface area contributed by atoms with Gasteiger partial charge in [0, 0.05) is 36.3 Å². The Morgan fingerprint density at radius 3 is 2.53 bits per heavy atom. The molecule has 0 saturated heterocycles. The maximum atomic E-state index is 5.82. The van der Waals surface area contributed by atoms with Crippen LogP contribution in [0.15, 0.2) is 36.8 Å². The van der Waals surface area contributed by atoms with Gasteiger partial charge in [-0.3, -0.25) is 9.97 Å². The highest BCUT2D eigenvalue weighted by Crippen LogP contribution is 2.20. The molecule has 0 bridgehead atoms. The number of hydrogen-bond donors (Lipinski definition) is 2. The Morgan fingerprint density at radius 1 is 1.00 bits per heavy atom. The number of anilines is 1.